The largest absolute Gasteiger partial charge is 0.393 e. The number of aliphatic hydroxyl groups is 1. The summed E-state index contributed by atoms with van der Waals surface area (Å²) in [6.07, 6.45) is -0.0219. The lowest BCUT2D eigenvalue weighted by Gasteiger charge is -2.33. The first-order valence-corrected chi connectivity index (χ1v) is 7.29. The maximum Gasteiger partial charge on any atom is 0.243 e. The molecule has 1 saturated heterocycles. The number of piperidine rings is 1. The summed E-state index contributed by atoms with van der Waals surface area (Å²) in [5, 5.41) is 9.60. The van der Waals surface area contributed by atoms with Gasteiger partial charge in [-0.05, 0) is 36.6 Å². The van der Waals surface area contributed by atoms with E-state index in [1.165, 1.54) is 16.4 Å². The zero-order chi connectivity index (χ0) is 13.3. The molecule has 0 aliphatic carbocycles. The molecule has 1 N–H and O–H groups in total. The highest BCUT2D eigenvalue weighted by molar-refractivity contribution is 7.89. The van der Waals surface area contributed by atoms with Gasteiger partial charge in [0.05, 0.1) is 11.0 Å². The van der Waals surface area contributed by atoms with Gasteiger partial charge in [-0.3, -0.25) is 0 Å². The van der Waals surface area contributed by atoms with Crippen LogP contribution in [0.4, 0.5) is 4.39 Å². The van der Waals surface area contributed by atoms with Gasteiger partial charge in [0, 0.05) is 13.1 Å². The van der Waals surface area contributed by atoms with Crippen molar-refractivity contribution in [2.45, 2.75) is 24.3 Å². The summed E-state index contributed by atoms with van der Waals surface area (Å²) >= 11 is 0. The molecule has 0 aromatic heterocycles. The number of rotatable bonds is 2. The Kier molecular flexibility index (Phi) is 3.70. The van der Waals surface area contributed by atoms with Crippen LogP contribution in [0.15, 0.2) is 29.2 Å². The second kappa shape index (κ2) is 4.95. The summed E-state index contributed by atoms with van der Waals surface area (Å²) in [6, 6.07) is 4.80. The van der Waals surface area contributed by atoms with E-state index in [2.05, 4.69) is 0 Å². The minimum atomic E-state index is -3.58. The first-order valence-electron chi connectivity index (χ1n) is 5.85. The van der Waals surface area contributed by atoms with Gasteiger partial charge in [0.25, 0.3) is 0 Å². The van der Waals surface area contributed by atoms with Gasteiger partial charge >= 0.3 is 0 Å². The third-order valence-corrected chi connectivity index (χ3v) is 5.15. The fourth-order valence-electron chi connectivity index (χ4n) is 2.07. The Balaban J connectivity index is 2.24. The van der Waals surface area contributed by atoms with Crippen LogP contribution in [-0.4, -0.2) is 37.0 Å². The van der Waals surface area contributed by atoms with E-state index in [4.69, 9.17) is 0 Å². The molecule has 100 valence electrons. The lowest BCUT2D eigenvalue weighted by Crippen LogP contribution is -2.44. The van der Waals surface area contributed by atoms with Crippen LogP contribution in [0, 0.1) is 11.7 Å². The van der Waals surface area contributed by atoms with Crippen LogP contribution < -0.4 is 0 Å². The molecular formula is C12H16FNO3S. The van der Waals surface area contributed by atoms with E-state index < -0.39 is 21.9 Å². The lowest BCUT2D eigenvalue weighted by atomic mass is 9.99. The molecule has 6 heteroatoms. The van der Waals surface area contributed by atoms with Crippen molar-refractivity contribution >= 4 is 10.0 Å². The third kappa shape index (κ3) is 2.55. The Hall–Kier alpha value is -0.980. The second-order valence-corrected chi connectivity index (χ2v) is 6.59. The van der Waals surface area contributed by atoms with E-state index in [9.17, 15) is 17.9 Å². The number of benzene rings is 1. The van der Waals surface area contributed by atoms with Crippen molar-refractivity contribution in [3.05, 3.63) is 30.1 Å². The average molecular weight is 273 g/mol. The molecule has 1 aliphatic heterocycles. The number of halogens is 1. The zero-order valence-electron chi connectivity index (χ0n) is 10.1. The molecular weight excluding hydrogens is 257 g/mol. The van der Waals surface area contributed by atoms with Crippen molar-refractivity contribution in [1.82, 2.24) is 4.31 Å². The molecule has 1 aromatic rings. The zero-order valence-corrected chi connectivity index (χ0v) is 10.9. The second-order valence-electron chi connectivity index (χ2n) is 4.65. The number of nitrogens with zero attached hydrogens (tertiary/aromatic N) is 1. The van der Waals surface area contributed by atoms with Crippen molar-refractivity contribution < 1.29 is 17.9 Å². The van der Waals surface area contributed by atoms with Gasteiger partial charge in [-0.15, -0.1) is 0 Å². The van der Waals surface area contributed by atoms with Crippen LogP contribution >= 0.6 is 0 Å². The SMILES string of the molecule is CC1CN(S(=O)(=O)c2ccc(F)cc2)CCC1O. The van der Waals surface area contributed by atoms with Gasteiger partial charge in [-0.25, -0.2) is 12.8 Å². The smallest absolute Gasteiger partial charge is 0.243 e. The molecule has 0 bridgehead atoms. The fraction of sp³-hybridized carbons (Fsp3) is 0.500. The molecule has 1 fully saturated rings. The monoisotopic (exact) mass is 273 g/mol. The summed E-state index contributed by atoms with van der Waals surface area (Å²) in [6.45, 7) is 2.41. The molecule has 0 saturated carbocycles. The molecule has 0 spiro atoms. The minimum absolute atomic E-state index is 0.0889. The number of aliphatic hydroxyl groups excluding tert-OH is 1. The Morgan fingerprint density at radius 2 is 1.94 bits per heavy atom. The molecule has 2 rings (SSSR count). The fourth-order valence-corrected chi connectivity index (χ4v) is 3.62. The minimum Gasteiger partial charge on any atom is -0.393 e. The molecule has 1 aliphatic rings. The molecule has 18 heavy (non-hydrogen) atoms. The van der Waals surface area contributed by atoms with Gasteiger partial charge in [0.15, 0.2) is 0 Å². The van der Waals surface area contributed by atoms with Crippen LogP contribution in [0.25, 0.3) is 0 Å². The van der Waals surface area contributed by atoms with Gasteiger partial charge in [-0.1, -0.05) is 6.92 Å². The predicted octanol–water partition coefficient (Wildman–Crippen LogP) is 1.22. The Morgan fingerprint density at radius 1 is 1.33 bits per heavy atom. The van der Waals surface area contributed by atoms with E-state index in [0.29, 0.717) is 19.5 Å². The highest BCUT2D eigenvalue weighted by Crippen LogP contribution is 2.23. The Bertz CT molecular complexity index is 515. The van der Waals surface area contributed by atoms with Crippen molar-refractivity contribution in [1.29, 1.82) is 0 Å². The van der Waals surface area contributed by atoms with Crippen LogP contribution in [0.5, 0.6) is 0 Å². The van der Waals surface area contributed by atoms with Gasteiger partial charge < -0.3 is 5.11 Å². The lowest BCUT2D eigenvalue weighted by molar-refractivity contribution is 0.0628. The summed E-state index contributed by atoms with van der Waals surface area (Å²) in [5.74, 6) is -0.551. The quantitative estimate of drug-likeness (QED) is 0.881. The van der Waals surface area contributed by atoms with Crippen LogP contribution in [0.1, 0.15) is 13.3 Å². The molecule has 2 unspecified atom stereocenters. The van der Waals surface area contributed by atoms with Crippen molar-refractivity contribution in [2.75, 3.05) is 13.1 Å². The highest BCUT2D eigenvalue weighted by Gasteiger charge is 2.32. The van der Waals surface area contributed by atoms with E-state index in [0.717, 1.165) is 12.1 Å². The van der Waals surface area contributed by atoms with Crippen LogP contribution in [0.3, 0.4) is 0 Å². The molecule has 4 nitrogen and oxygen atoms in total. The third-order valence-electron chi connectivity index (χ3n) is 3.27. The van der Waals surface area contributed by atoms with Crippen molar-refractivity contribution in [3.63, 3.8) is 0 Å². The van der Waals surface area contributed by atoms with Crippen LogP contribution in [0.2, 0.25) is 0 Å². The number of hydrogen-bond donors (Lipinski definition) is 1. The molecule has 1 aromatic carbocycles. The molecule has 1 heterocycles. The first-order chi connectivity index (χ1) is 8.41. The summed E-state index contributed by atoms with van der Waals surface area (Å²) in [4.78, 5) is 0.0903. The topological polar surface area (TPSA) is 57.6 Å². The maximum atomic E-state index is 12.8. The Morgan fingerprint density at radius 3 is 2.50 bits per heavy atom. The van der Waals surface area contributed by atoms with E-state index in [-0.39, 0.29) is 10.8 Å². The summed E-state index contributed by atoms with van der Waals surface area (Å²) in [7, 11) is -3.58. The maximum absolute atomic E-state index is 12.8. The highest BCUT2D eigenvalue weighted by atomic mass is 32.2. The number of hydrogen-bond acceptors (Lipinski definition) is 3. The van der Waals surface area contributed by atoms with E-state index in [1.807, 2.05) is 6.92 Å². The molecule has 0 amide bonds. The Labute approximate surface area is 106 Å². The normalized spacial score (nSPS) is 26.2. The first kappa shape index (κ1) is 13.5. The predicted molar refractivity (Wildman–Crippen MR) is 64.9 cm³/mol. The van der Waals surface area contributed by atoms with Crippen molar-refractivity contribution in [2.24, 2.45) is 5.92 Å². The average Bonchev–Trinajstić information content (AvgIpc) is 2.33. The van der Waals surface area contributed by atoms with Crippen molar-refractivity contribution in [3.8, 4) is 0 Å². The summed E-state index contributed by atoms with van der Waals surface area (Å²) in [5.41, 5.74) is 0. The van der Waals surface area contributed by atoms with E-state index >= 15 is 0 Å². The van der Waals surface area contributed by atoms with Gasteiger partial charge in [0.1, 0.15) is 5.82 Å². The molecule has 0 radical (unpaired) electrons. The van der Waals surface area contributed by atoms with Gasteiger partial charge in [-0.2, -0.15) is 4.31 Å². The van der Waals surface area contributed by atoms with Gasteiger partial charge in [0.2, 0.25) is 10.0 Å². The standard InChI is InChI=1S/C12H16FNO3S/c1-9-8-14(7-6-12(9)15)18(16,17)11-4-2-10(13)3-5-11/h2-5,9,12,15H,6-8H2,1H3. The summed E-state index contributed by atoms with van der Waals surface area (Å²) < 4.78 is 38.7. The van der Waals surface area contributed by atoms with Crippen LogP contribution in [-0.2, 0) is 10.0 Å². The van der Waals surface area contributed by atoms with E-state index in [1.54, 1.807) is 0 Å². The molecule has 2 atom stereocenters. The number of sulfonamides is 1.